The minimum atomic E-state index is -0.223. The Balaban J connectivity index is 1.81. The Morgan fingerprint density at radius 2 is 2.05 bits per heavy atom. The van der Waals surface area contributed by atoms with Gasteiger partial charge in [0.05, 0.1) is 0 Å². The summed E-state index contributed by atoms with van der Waals surface area (Å²) in [6.07, 6.45) is 4.88. The van der Waals surface area contributed by atoms with Crippen LogP contribution in [0.1, 0.15) is 43.7 Å². The van der Waals surface area contributed by atoms with E-state index in [2.05, 4.69) is 24.3 Å². The molecule has 2 rings (SSSR count). The molecule has 1 aliphatic rings. The van der Waals surface area contributed by atoms with Crippen molar-refractivity contribution in [2.24, 2.45) is 5.73 Å². The average molecular weight is 289 g/mol. The normalized spacial score (nSPS) is 23.8. The molecule has 116 valence electrons. The molecule has 1 amide bonds. The van der Waals surface area contributed by atoms with Crippen molar-refractivity contribution in [1.29, 1.82) is 0 Å². The molecule has 21 heavy (non-hydrogen) atoms. The van der Waals surface area contributed by atoms with Crippen LogP contribution in [-0.4, -0.2) is 37.0 Å². The summed E-state index contributed by atoms with van der Waals surface area (Å²) in [6.45, 7) is 0. The summed E-state index contributed by atoms with van der Waals surface area (Å²) in [5.74, 6) is 0.0655. The Morgan fingerprint density at radius 3 is 2.71 bits per heavy atom. The maximum Gasteiger partial charge on any atom is 0.222 e. The third-order valence-electron chi connectivity index (χ3n) is 4.37. The molecule has 3 atom stereocenters. The van der Waals surface area contributed by atoms with Gasteiger partial charge in [-0.25, -0.2) is 0 Å². The molecule has 0 saturated heterocycles. The van der Waals surface area contributed by atoms with Gasteiger partial charge < -0.3 is 16.0 Å². The van der Waals surface area contributed by atoms with Crippen molar-refractivity contribution in [2.75, 3.05) is 14.1 Å². The predicted molar refractivity (Wildman–Crippen MR) is 85.9 cm³/mol. The van der Waals surface area contributed by atoms with Gasteiger partial charge in [0, 0.05) is 24.5 Å². The summed E-state index contributed by atoms with van der Waals surface area (Å²) in [5.41, 5.74) is 7.12. The van der Waals surface area contributed by atoms with Crippen LogP contribution < -0.4 is 11.1 Å². The molecule has 1 aromatic rings. The van der Waals surface area contributed by atoms with Gasteiger partial charge >= 0.3 is 0 Å². The van der Waals surface area contributed by atoms with Crippen molar-refractivity contribution in [3.8, 4) is 0 Å². The zero-order valence-electron chi connectivity index (χ0n) is 13.1. The van der Waals surface area contributed by atoms with Gasteiger partial charge in [0.25, 0.3) is 0 Å². The third-order valence-corrected chi connectivity index (χ3v) is 4.37. The van der Waals surface area contributed by atoms with Gasteiger partial charge in [-0.05, 0) is 45.3 Å². The number of carbonyl (C=O) groups is 1. The summed E-state index contributed by atoms with van der Waals surface area (Å²) >= 11 is 0. The van der Waals surface area contributed by atoms with Crippen LogP contribution in [0.2, 0.25) is 0 Å². The summed E-state index contributed by atoms with van der Waals surface area (Å²) in [6, 6.07) is 10.5. The predicted octanol–water partition coefficient (Wildman–Crippen LogP) is 2.07. The van der Waals surface area contributed by atoms with Gasteiger partial charge in [0.15, 0.2) is 0 Å². The minimum Gasteiger partial charge on any atom is -0.353 e. The Hall–Kier alpha value is -1.39. The maximum atomic E-state index is 12.2. The molecule has 0 heterocycles. The van der Waals surface area contributed by atoms with Crippen molar-refractivity contribution in [3.63, 3.8) is 0 Å². The summed E-state index contributed by atoms with van der Waals surface area (Å²) in [4.78, 5) is 14.4. The van der Waals surface area contributed by atoms with Crippen LogP contribution in [0.25, 0.3) is 0 Å². The smallest absolute Gasteiger partial charge is 0.222 e. The lowest BCUT2D eigenvalue weighted by molar-refractivity contribution is -0.122. The number of carbonyl (C=O) groups excluding carboxylic acids is 1. The Labute approximate surface area is 127 Å². The molecule has 0 spiro atoms. The number of hydrogen-bond donors (Lipinski definition) is 2. The minimum absolute atomic E-state index is 0.0655. The van der Waals surface area contributed by atoms with Crippen LogP contribution >= 0.6 is 0 Å². The molecular formula is C17H27N3O. The van der Waals surface area contributed by atoms with Crippen molar-refractivity contribution < 1.29 is 4.79 Å². The second kappa shape index (κ2) is 7.57. The highest BCUT2D eigenvalue weighted by atomic mass is 16.1. The number of hydrogen-bond acceptors (Lipinski definition) is 3. The highest BCUT2D eigenvalue weighted by molar-refractivity contribution is 5.77. The first-order chi connectivity index (χ1) is 10.1. The Kier molecular flexibility index (Phi) is 5.76. The van der Waals surface area contributed by atoms with Crippen LogP contribution in [-0.2, 0) is 4.79 Å². The van der Waals surface area contributed by atoms with E-state index in [0.717, 1.165) is 18.4 Å². The summed E-state index contributed by atoms with van der Waals surface area (Å²) < 4.78 is 0. The van der Waals surface area contributed by atoms with Crippen LogP contribution in [0.4, 0.5) is 0 Å². The lowest BCUT2D eigenvalue weighted by Gasteiger charge is -2.33. The lowest BCUT2D eigenvalue weighted by atomic mass is 9.90. The quantitative estimate of drug-likeness (QED) is 0.872. The molecule has 1 aromatic carbocycles. The van der Waals surface area contributed by atoms with Gasteiger partial charge in [0.2, 0.25) is 5.91 Å². The molecule has 4 heteroatoms. The molecule has 0 aliphatic heterocycles. The van der Waals surface area contributed by atoms with E-state index in [1.54, 1.807) is 0 Å². The fraction of sp³-hybridized carbons (Fsp3) is 0.588. The average Bonchev–Trinajstić information content (AvgIpc) is 2.48. The molecule has 4 nitrogen and oxygen atoms in total. The largest absolute Gasteiger partial charge is 0.353 e. The molecule has 1 saturated carbocycles. The molecule has 3 N–H and O–H groups in total. The van der Waals surface area contributed by atoms with Crippen LogP contribution in [0.15, 0.2) is 30.3 Å². The first kappa shape index (κ1) is 16.0. The van der Waals surface area contributed by atoms with Gasteiger partial charge in [0.1, 0.15) is 0 Å². The molecule has 1 aliphatic carbocycles. The summed E-state index contributed by atoms with van der Waals surface area (Å²) in [5, 5.41) is 3.16. The highest BCUT2D eigenvalue weighted by Crippen LogP contribution is 2.22. The number of benzene rings is 1. The first-order valence-corrected chi connectivity index (χ1v) is 7.82. The molecule has 1 fully saturated rings. The molecule has 0 aromatic heterocycles. The molecule has 0 radical (unpaired) electrons. The number of nitrogens with two attached hydrogens (primary N) is 1. The van der Waals surface area contributed by atoms with E-state index in [9.17, 15) is 4.79 Å². The van der Waals surface area contributed by atoms with Crippen molar-refractivity contribution in [3.05, 3.63) is 35.9 Å². The zero-order valence-corrected chi connectivity index (χ0v) is 13.1. The fourth-order valence-electron chi connectivity index (χ4n) is 3.07. The van der Waals surface area contributed by atoms with Gasteiger partial charge in [-0.3, -0.25) is 4.79 Å². The van der Waals surface area contributed by atoms with E-state index in [4.69, 9.17) is 5.73 Å². The van der Waals surface area contributed by atoms with E-state index in [1.165, 1.54) is 12.8 Å². The maximum absolute atomic E-state index is 12.2. The van der Waals surface area contributed by atoms with E-state index < -0.39 is 0 Å². The van der Waals surface area contributed by atoms with Crippen molar-refractivity contribution in [2.45, 2.75) is 50.2 Å². The fourth-order valence-corrected chi connectivity index (χ4v) is 3.07. The van der Waals surface area contributed by atoms with E-state index >= 15 is 0 Å². The second-order valence-corrected chi connectivity index (χ2v) is 6.27. The molecule has 3 unspecified atom stereocenters. The highest BCUT2D eigenvalue weighted by Gasteiger charge is 2.24. The standard InChI is InChI=1S/C17H27N3O/c1-20(2)15-10-6-9-14(11-15)19-17(21)12-16(18)13-7-4-3-5-8-13/h3-5,7-8,14-16H,6,9-12,18H2,1-2H3,(H,19,21). The van der Waals surface area contributed by atoms with Crippen molar-refractivity contribution in [1.82, 2.24) is 10.2 Å². The van der Waals surface area contributed by atoms with Crippen LogP contribution in [0, 0.1) is 0 Å². The number of nitrogens with zero attached hydrogens (tertiary/aromatic N) is 1. The molecule has 0 bridgehead atoms. The van der Waals surface area contributed by atoms with Crippen molar-refractivity contribution >= 4 is 5.91 Å². The van der Waals surface area contributed by atoms with E-state index in [0.29, 0.717) is 18.5 Å². The van der Waals surface area contributed by atoms with Gasteiger partial charge in [-0.1, -0.05) is 30.3 Å². The van der Waals surface area contributed by atoms with Gasteiger partial charge in [-0.15, -0.1) is 0 Å². The SMILES string of the molecule is CN(C)C1CCCC(NC(=O)CC(N)c2ccccc2)C1. The van der Waals surface area contributed by atoms with Crippen LogP contribution in [0.5, 0.6) is 0 Å². The van der Waals surface area contributed by atoms with Crippen LogP contribution in [0.3, 0.4) is 0 Å². The number of rotatable bonds is 5. The number of amides is 1. The summed E-state index contributed by atoms with van der Waals surface area (Å²) in [7, 11) is 4.22. The van der Waals surface area contributed by atoms with E-state index in [-0.39, 0.29) is 11.9 Å². The van der Waals surface area contributed by atoms with E-state index in [1.807, 2.05) is 30.3 Å². The third kappa shape index (κ3) is 4.83. The second-order valence-electron chi connectivity index (χ2n) is 6.27. The topological polar surface area (TPSA) is 58.4 Å². The molecular weight excluding hydrogens is 262 g/mol. The number of nitrogens with one attached hydrogen (secondary N) is 1. The zero-order chi connectivity index (χ0) is 15.2. The lowest BCUT2D eigenvalue weighted by Crippen LogP contribution is -2.44. The Morgan fingerprint density at radius 1 is 1.33 bits per heavy atom. The van der Waals surface area contributed by atoms with Gasteiger partial charge in [-0.2, -0.15) is 0 Å². The monoisotopic (exact) mass is 289 g/mol. The Bertz CT molecular complexity index is 447. The first-order valence-electron chi connectivity index (χ1n) is 7.82.